The summed E-state index contributed by atoms with van der Waals surface area (Å²) in [5, 5.41) is 0. The van der Waals surface area contributed by atoms with Gasteiger partial charge >= 0.3 is 7.60 Å². The van der Waals surface area contributed by atoms with Crippen LogP contribution in [0.2, 0.25) is 0 Å². The van der Waals surface area contributed by atoms with Crippen LogP contribution in [0.1, 0.15) is 13.8 Å². The first-order valence-corrected chi connectivity index (χ1v) is 5.31. The van der Waals surface area contributed by atoms with Crippen LogP contribution in [0.15, 0.2) is 11.9 Å². The molecule has 0 N–H and O–H groups in total. The van der Waals surface area contributed by atoms with Crippen molar-refractivity contribution in [1.29, 1.82) is 0 Å². The monoisotopic (exact) mass is 192 g/mol. The molecule has 0 heterocycles. The van der Waals surface area contributed by atoms with Crippen LogP contribution in [-0.2, 0) is 18.4 Å². The Morgan fingerprint density at radius 2 is 1.75 bits per heavy atom. The van der Waals surface area contributed by atoms with Gasteiger partial charge in [-0.15, -0.1) is 0 Å². The molecule has 0 unspecified atom stereocenters. The SMILES string of the molecule is CCOP(=O)(/C=C/C=O)OCC. The zero-order valence-electron chi connectivity index (χ0n) is 7.23. The van der Waals surface area contributed by atoms with E-state index in [9.17, 15) is 9.36 Å². The summed E-state index contributed by atoms with van der Waals surface area (Å²) in [5.41, 5.74) is 0. The van der Waals surface area contributed by atoms with Crippen molar-refractivity contribution < 1.29 is 18.4 Å². The highest BCUT2D eigenvalue weighted by Crippen LogP contribution is 2.49. The van der Waals surface area contributed by atoms with E-state index < -0.39 is 7.60 Å². The van der Waals surface area contributed by atoms with Crippen LogP contribution in [-0.4, -0.2) is 19.5 Å². The molecule has 70 valence electrons. The molecule has 0 aliphatic heterocycles. The van der Waals surface area contributed by atoms with Gasteiger partial charge < -0.3 is 9.05 Å². The van der Waals surface area contributed by atoms with Gasteiger partial charge in [-0.3, -0.25) is 9.36 Å². The van der Waals surface area contributed by atoms with Crippen LogP contribution in [0, 0.1) is 0 Å². The summed E-state index contributed by atoms with van der Waals surface area (Å²) < 4.78 is 21.2. The highest BCUT2D eigenvalue weighted by atomic mass is 31.2. The maximum atomic E-state index is 11.5. The van der Waals surface area contributed by atoms with Crippen LogP contribution in [0.4, 0.5) is 0 Å². The third-order valence-electron chi connectivity index (χ3n) is 0.965. The summed E-state index contributed by atoms with van der Waals surface area (Å²) in [6.45, 7) is 4.00. The largest absolute Gasteiger partial charge is 0.354 e. The number of carbonyl (C=O) groups is 1. The van der Waals surface area contributed by atoms with Crippen molar-refractivity contribution in [2.75, 3.05) is 13.2 Å². The molecule has 0 amide bonds. The molecule has 4 nitrogen and oxygen atoms in total. The molecule has 12 heavy (non-hydrogen) atoms. The zero-order valence-corrected chi connectivity index (χ0v) is 8.12. The first kappa shape index (κ1) is 11.6. The van der Waals surface area contributed by atoms with Crippen molar-refractivity contribution in [3.63, 3.8) is 0 Å². The third kappa shape index (κ3) is 4.44. The molecule has 0 aromatic carbocycles. The van der Waals surface area contributed by atoms with Gasteiger partial charge in [0.05, 0.1) is 13.2 Å². The summed E-state index contributed by atoms with van der Waals surface area (Å²) in [7, 11) is -3.15. The molecule has 0 radical (unpaired) electrons. The van der Waals surface area contributed by atoms with Crippen LogP contribution in [0.3, 0.4) is 0 Å². The lowest BCUT2D eigenvalue weighted by atomic mass is 10.7. The van der Waals surface area contributed by atoms with E-state index in [1.54, 1.807) is 13.8 Å². The van der Waals surface area contributed by atoms with Crippen molar-refractivity contribution in [3.8, 4) is 0 Å². The van der Waals surface area contributed by atoms with Crippen molar-refractivity contribution in [1.82, 2.24) is 0 Å². The Morgan fingerprint density at radius 1 is 1.25 bits per heavy atom. The second kappa shape index (κ2) is 6.12. The predicted molar refractivity (Wildman–Crippen MR) is 46.1 cm³/mol. The molecule has 0 spiro atoms. The van der Waals surface area contributed by atoms with Gasteiger partial charge in [0.1, 0.15) is 6.29 Å². The average molecular weight is 192 g/mol. The summed E-state index contributed by atoms with van der Waals surface area (Å²) >= 11 is 0. The molecule has 0 fully saturated rings. The predicted octanol–water partition coefficient (Wildman–Crippen LogP) is 1.97. The van der Waals surface area contributed by atoms with Gasteiger partial charge in [0, 0.05) is 5.82 Å². The summed E-state index contributed by atoms with van der Waals surface area (Å²) in [5.74, 6) is 1.16. The van der Waals surface area contributed by atoms with Gasteiger partial charge in [-0.25, -0.2) is 0 Å². The van der Waals surface area contributed by atoms with Crippen LogP contribution < -0.4 is 0 Å². The highest BCUT2D eigenvalue weighted by Gasteiger charge is 2.18. The molecular weight excluding hydrogens is 179 g/mol. The minimum absolute atomic E-state index is 0.292. The lowest BCUT2D eigenvalue weighted by Gasteiger charge is -2.11. The quantitative estimate of drug-likeness (QED) is 0.366. The maximum Gasteiger partial charge on any atom is 0.354 e. The van der Waals surface area contributed by atoms with Crippen molar-refractivity contribution in [2.45, 2.75) is 13.8 Å². The molecular formula is C7H13O4P. The van der Waals surface area contributed by atoms with Crippen LogP contribution in [0.25, 0.3) is 0 Å². The van der Waals surface area contributed by atoms with Crippen molar-refractivity contribution in [2.24, 2.45) is 0 Å². The summed E-state index contributed by atoms with van der Waals surface area (Å²) in [6, 6.07) is 0. The molecule has 0 rings (SSSR count). The minimum Gasteiger partial charge on any atom is -0.306 e. The molecule has 0 bridgehead atoms. The van der Waals surface area contributed by atoms with E-state index in [4.69, 9.17) is 9.05 Å². The molecule has 0 atom stereocenters. The van der Waals surface area contributed by atoms with E-state index >= 15 is 0 Å². The maximum absolute atomic E-state index is 11.5. The van der Waals surface area contributed by atoms with Gasteiger partial charge in [-0.2, -0.15) is 0 Å². The first-order valence-electron chi connectivity index (χ1n) is 3.70. The third-order valence-corrected chi connectivity index (χ3v) is 2.74. The average Bonchev–Trinajstić information content (AvgIpc) is 2.02. The molecule has 0 aliphatic carbocycles. The molecule has 0 saturated heterocycles. The molecule has 0 saturated carbocycles. The second-order valence-electron chi connectivity index (χ2n) is 1.85. The van der Waals surface area contributed by atoms with E-state index in [-0.39, 0.29) is 0 Å². The number of carbonyl (C=O) groups excluding carboxylic acids is 1. The van der Waals surface area contributed by atoms with Gasteiger partial charge in [0.2, 0.25) is 0 Å². The molecule has 0 aromatic rings. The van der Waals surface area contributed by atoms with E-state index in [0.29, 0.717) is 19.5 Å². The van der Waals surface area contributed by atoms with Crippen LogP contribution in [0.5, 0.6) is 0 Å². The normalized spacial score (nSPS) is 12.2. The van der Waals surface area contributed by atoms with Crippen molar-refractivity contribution in [3.05, 3.63) is 11.9 Å². The molecule has 0 aromatic heterocycles. The summed E-state index contributed by atoms with van der Waals surface area (Å²) in [6.07, 6.45) is 1.65. The Kier molecular flexibility index (Phi) is 5.89. The lowest BCUT2D eigenvalue weighted by Crippen LogP contribution is -1.92. The van der Waals surface area contributed by atoms with Gasteiger partial charge in [0.15, 0.2) is 0 Å². The van der Waals surface area contributed by atoms with E-state index in [1.807, 2.05) is 0 Å². The highest BCUT2D eigenvalue weighted by molar-refractivity contribution is 7.57. The fourth-order valence-electron chi connectivity index (χ4n) is 0.624. The smallest absolute Gasteiger partial charge is 0.306 e. The number of hydrogen-bond acceptors (Lipinski definition) is 4. The summed E-state index contributed by atoms with van der Waals surface area (Å²) in [4.78, 5) is 9.94. The first-order chi connectivity index (χ1) is 5.68. The standard InChI is InChI=1S/C7H13O4P/c1-3-10-12(9,11-4-2)7-5-6-8/h5-7H,3-4H2,1-2H3/b7-5+. The van der Waals surface area contributed by atoms with E-state index in [0.717, 1.165) is 11.9 Å². The fourth-order valence-corrected chi connectivity index (χ4v) is 1.87. The number of allylic oxidation sites excluding steroid dienone is 1. The Labute approximate surface area is 72.1 Å². The van der Waals surface area contributed by atoms with Crippen LogP contribution >= 0.6 is 7.60 Å². The number of aldehydes is 1. The number of hydrogen-bond donors (Lipinski definition) is 0. The Bertz CT molecular complexity index is 190. The second-order valence-corrected chi connectivity index (χ2v) is 3.75. The van der Waals surface area contributed by atoms with Gasteiger partial charge in [0.25, 0.3) is 0 Å². The number of rotatable bonds is 6. The topological polar surface area (TPSA) is 52.6 Å². The van der Waals surface area contributed by atoms with E-state index in [1.165, 1.54) is 0 Å². The lowest BCUT2D eigenvalue weighted by molar-refractivity contribution is -0.104. The van der Waals surface area contributed by atoms with E-state index in [2.05, 4.69) is 0 Å². The Balaban J connectivity index is 4.27. The van der Waals surface area contributed by atoms with Gasteiger partial charge in [-0.05, 0) is 19.9 Å². The van der Waals surface area contributed by atoms with Crippen molar-refractivity contribution >= 4 is 13.9 Å². The Hall–Kier alpha value is -0.440. The minimum atomic E-state index is -3.15. The zero-order chi connectivity index (χ0) is 9.45. The van der Waals surface area contributed by atoms with Gasteiger partial charge in [-0.1, -0.05) is 0 Å². The Morgan fingerprint density at radius 3 is 2.08 bits per heavy atom. The molecule has 0 aliphatic rings. The molecule has 5 heteroatoms. The fraction of sp³-hybridized carbons (Fsp3) is 0.571.